The maximum Gasteiger partial charge on any atom is 0.319 e. The van der Waals surface area contributed by atoms with Crippen LogP contribution in [-0.2, 0) is 35.3 Å². The van der Waals surface area contributed by atoms with Crippen LogP contribution < -0.4 is 30.7 Å². The molecule has 0 radical (unpaired) electrons. The number of carboxylic acid groups (broad SMARTS) is 3. The molecule has 4 amide bonds. The highest BCUT2D eigenvalue weighted by atomic mass is 35.5. The number of halogens is 2. The van der Waals surface area contributed by atoms with Crippen molar-refractivity contribution in [3.63, 3.8) is 0 Å². The number of ether oxygens (including phenoxy) is 3. The van der Waals surface area contributed by atoms with Gasteiger partial charge in [-0.3, -0.25) is 48.9 Å². The van der Waals surface area contributed by atoms with E-state index in [-0.39, 0.29) is 129 Å². The monoisotopic (exact) mass is 1210 g/mol. The number of carboxylic acids is 3. The first-order chi connectivity index (χ1) is 40.1. The second kappa shape index (κ2) is 30.2. The summed E-state index contributed by atoms with van der Waals surface area (Å²) < 4.78 is 19.5. The number of nitrogens with zero attached hydrogens (tertiary/aromatic N) is 7. The molecule has 2 fully saturated rings. The molecule has 3 aliphatic rings. The number of carbonyl (C=O) groups is 7. The van der Waals surface area contributed by atoms with Gasteiger partial charge in [0.25, 0.3) is 5.91 Å². The Labute approximate surface area is 495 Å². The molecule has 2 saturated heterocycles. The zero-order valence-electron chi connectivity index (χ0n) is 47.1. The van der Waals surface area contributed by atoms with E-state index >= 15 is 0 Å². The molecule has 1 unspecified atom stereocenters. The number of nitrogens with one attached hydrogen (secondary N) is 4. The van der Waals surface area contributed by atoms with Crippen LogP contribution >= 0.6 is 23.2 Å². The van der Waals surface area contributed by atoms with E-state index in [0.717, 1.165) is 0 Å². The Morgan fingerprint density at radius 2 is 1.39 bits per heavy atom. The smallest absolute Gasteiger partial charge is 0.319 e. The topological polar surface area (TPSA) is 330 Å². The number of carbonyl (C=O) groups excluding carboxylic acids is 4. The highest BCUT2D eigenvalue weighted by Crippen LogP contribution is 2.47. The van der Waals surface area contributed by atoms with Crippen molar-refractivity contribution in [3.8, 4) is 39.6 Å². The number of methoxy groups -OCH3 is 1. The molecular formula is C56H73Cl2N11O15. The molecule has 4 aromatic rings. The van der Waals surface area contributed by atoms with Gasteiger partial charge in [0.15, 0.2) is 12.0 Å². The van der Waals surface area contributed by atoms with Gasteiger partial charge >= 0.3 is 23.9 Å². The van der Waals surface area contributed by atoms with Crippen LogP contribution in [0.1, 0.15) is 49.2 Å². The average Bonchev–Trinajstić information content (AvgIpc) is 2.63. The Balaban J connectivity index is 0.905. The van der Waals surface area contributed by atoms with E-state index in [4.69, 9.17) is 42.5 Å². The van der Waals surface area contributed by atoms with E-state index < -0.39 is 53.8 Å². The Bertz CT molecular complexity index is 2950. The summed E-state index contributed by atoms with van der Waals surface area (Å²) in [5.41, 5.74) is 3.62. The summed E-state index contributed by atoms with van der Waals surface area (Å²) in [7, 11) is 1.53. The summed E-state index contributed by atoms with van der Waals surface area (Å²) >= 11 is 13.0. The number of aldehydes is 1. The number of aliphatic carboxylic acids is 3. The van der Waals surface area contributed by atoms with E-state index in [1.54, 1.807) is 71.6 Å². The number of aliphatic hydroxyl groups excluding tert-OH is 2. The predicted molar refractivity (Wildman–Crippen MR) is 309 cm³/mol. The molecule has 0 spiro atoms. The van der Waals surface area contributed by atoms with Crippen LogP contribution in [0, 0.1) is 0 Å². The predicted octanol–water partition coefficient (Wildman–Crippen LogP) is 2.38. The number of hydrogen-bond donors (Lipinski definition) is 9. The standard InChI is InChI=1S/C56H73Cl2N11O15/c1-56(2)34-83-20-19-68(56)54(80)52-44-33-84-46-28-45(82-3)42(27-43(46)53(44)69(63-52)39-23-36(57)22-37(58)24-39)35-5-4-6-38(21-35)62-55(81)61-10-9-60-48(73)26-41(72)25-40(71)7-8-59-47(32-70)67-17-15-65(30-50(76)77)13-11-64(29-49(74)75)12-14-66(16-18-67)31-51(78)79/h4-6,21-24,27-28,32,40-41,47,59,71-72H,7-20,25-26,29-31,33-34H2,1-3H3,(H,60,73)(H,74,75)(H,76,77)(H,78,79)(H2,61,62,81)/t40-,41-,47?/m1/s1. The molecular weight excluding hydrogens is 1140 g/mol. The van der Waals surface area contributed by atoms with Crippen molar-refractivity contribution >= 4 is 70.9 Å². The maximum absolute atomic E-state index is 14.4. The quantitative estimate of drug-likeness (QED) is 0.0359. The fourth-order valence-corrected chi connectivity index (χ4v) is 10.8. The van der Waals surface area contributed by atoms with Crippen molar-refractivity contribution in [1.29, 1.82) is 0 Å². The third kappa shape index (κ3) is 18.0. The summed E-state index contributed by atoms with van der Waals surface area (Å²) in [5.74, 6) is -3.10. The molecule has 0 saturated carbocycles. The van der Waals surface area contributed by atoms with E-state index in [1.807, 2.05) is 26.0 Å². The van der Waals surface area contributed by atoms with E-state index in [9.17, 15) is 59.1 Å². The van der Waals surface area contributed by atoms with Gasteiger partial charge in [0.05, 0.1) is 75.5 Å². The molecule has 9 N–H and O–H groups in total. The third-order valence-electron chi connectivity index (χ3n) is 14.5. The van der Waals surface area contributed by atoms with Crippen LogP contribution in [0.25, 0.3) is 28.1 Å². The van der Waals surface area contributed by atoms with Crippen molar-refractivity contribution in [2.24, 2.45) is 0 Å². The normalized spacial score (nSPS) is 17.4. The summed E-state index contributed by atoms with van der Waals surface area (Å²) in [4.78, 5) is 96.0. The lowest BCUT2D eigenvalue weighted by Crippen LogP contribution is -2.55. The fraction of sp³-hybridized carbons (Fsp3) is 0.500. The van der Waals surface area contributed by atoms with Gasteiger partial charge in [-0.05, 0) is 75.2 Å². The third-order valence-corrected chi connectivity index (χ3v) is 15.0. The first-order valence-corrected chi connectivity index (χ1v) is 28.2. The van der Waals surface area contributed by atoms with Gasteiger partial charge < -0.3 is 65.4 Å². The van der Waals surface area contributed by atoms with Gasteiger partial charge in [-0.1, -0.05) is 35.3 Å². The molecule has 26 nitrogen and oxygen atoms in total. The van der Waals surface area contributed by atoms with Gasteiger partial charge in [-0.2, -0.15) is 5.10 Å². The summed E-state index contributed by atoms with van der Waals surface area (Å²) in [6, 6.07) is 15.1. The number of benzene rings is 3. The number of anilines is 1. The van der Waals surface area contributed by atoms with E-state index in [0.29, 0.717) is 86.9 Å². The number of amides is 4. The Kier molecular flexibility index (Phi) is 23.2. The van der Waals surface area contributed by atoms with Crippen LogP contribution in [0.15, 0.2) is 54.6 Å². The van der Waals surface area contributed by atoms with Crippen molar-refractivity contribution in [3.05, 3.63) is 75.9 Å². The molecule has 456 valence electrons. The molecule has 0 bridgehead atoms. The van der Waals surface area contributed by atoms with Gasteiger partial charge in [-0.25, -0.2) is 9.48 Å². The lowest BCUT2D eigenvalue weighted by molar-refractivity contribution is -0.140. The van der Waals surface area contributed by atoms with E-state index in [1.165, 1.54) is 7.11 Å². The lowest BCUT2D eigenvalue weighted by Gasteiger charge is -2.41. The Morgan fingerprint density at radius 3 is 1.99 bits per heavy atom. The Morgan fingerprint density at radius 1 is 0.774 bits per heavy atom. The minimum atomic E-state index is -1.23. The van der Waals surface area contributed by atoms with Gasteiger partial charge in [0, 0.05) is 110 Å². The summed E-state index contributed by atoms with van der Waals surface area (Å²) in [6.07, 6.45) is -2.99. The molecule has 3 aromatic carbocycles. The van der Waals surface area contributed by atoms with Crippen molar-refractivity contribution in [1.82, 2.24) is 50.2 Å². The Hall–Kier alpha value is -6.98. The van der Waals surface area contributed by atoms with Gasteiger partial charge in [-0.15, -0.1) is 0 Å². The number of aliphatic hydroxyl groups is 2. The number of morpholine rings is 1. The highest BCUT2D eigenvalue weighted by molar-refractivity contribution is 6.34. The maximum atomic E-state index is 14.4. The number of hydrogen-bond acceptors (Lipinski definition) is 18. The average molecular weight is 1210 g/mol. The first-order valence-electron chi connectivity index (χ1n) is 27.5. The largest absolute Gasteiger partial charge is 0.496 e. The molecule has 1 aromatic heterocycles. The first kappa shape index (κ1) is 64.6. The van der Waals surface area contributed by atoms with Crippen LogP contribution in [0.3, 0.4) is 0 Å². The SMILES string of the molecule is COc1cc2c(cc1-c1cccc(NC(=O)NCCNC(=O)C[C@H](O)C[C@H](O)CCNC(C=O)N3CCN(CC(=O)O)CCN(CC(=O)O)CCN(CC(=O)O)CC3)c1)-c1c(c(C(=O)N3CCOCC3(C)C)nn1-c1cc(Cl)cc(Cl)c1)CO2. The number of rotatable bonds is 24. The van der Waals surface area contributed by atoms with Gasteiger partial charge in [0.1, 0.15) is 24.3 Å². The van der Waals surface area contributed by atoms with Gasteiger partial charge in [0.2, 0.25) is 5.91 Å². The van der Waals surface area contributed by atoms with Crippen molar-refractivity contribution in [2.75, 3.05) is 124 Å². The number of urea groups is 1. The molecule has 28 heteroatoms. The minimum Gasteiger partial charge on any atom is -0.496 e. The van der Waals surface area contributed by atoms with Crippen LogP contribution in [0.2, 0.25) is 10.0 Å². The number of aromatic nitrogens is 2. The van der Waals surface area contributed by atoms with Crippen LogP contribution in [0.4, 0.5) is 10.5 Å². The fourth-order valence-electron chi connectivity index (χ4n) is 10.3. The van der Waals surface area contributed by atoms with Crippen molar-refractivity contribution in [2.45, 2.75) is 63.6 Å². The van der Waals surface area contributed by atoms with E-state index in [2.05, 4.69) is 21.3 Å². The lowest BCUT2D eigenvalue weighted by atomic mass is 9.95. The number of fused-ring (bicyclic) bond motifs is 3. The zero-order valence-corrected chi connectivity index (χ0v) is 48.6. The molecule has 3 aliphatic heterocycles. The highest BCUT2D eigenvalue weighted by Gasteiger charge is 2.40. The zero-order chi connectivity index (χ0) is 60.7. The second-order valence-electron chi connectivity index (χ2n) is 21.3. The molecule has 0 aliphatic carbocycles. The molecule has 7 rings (SSSR count). The summed E-state index contributed by atoms with van der Waals surface area (Å²) in [5, 5.41) is 66.9. The molecule has 4 heterocycles. The molecule has 3 atom stereocenters. The minimum absolute atomic E-state index is 0.0201. The van der Waals surface area contributed by atoms with Crippen molar-refractivity contribution < 1.29 is 73.3 Å². The second-order valence-corrected chi connectivity index (χ2v) is 22.2. The van der Waals surface area contributed by atoms with Crippen LogP contribution in [0.5, 0.6) is 11.5 Å². The van der Waals surface area contributed by atoms with Crippen LogP contribution in [-0.4, -0.2) is 244 Å². The summed E-state index contributed by atoms with van der Waals surface area (Å²) in [6.45, 7) is 5.85. The molecule has 84 heavy (non-hydrogen) atoms.